The van der Waals surface area contributed by atoms with E-state index in [4.69, 9.17) is 4.74 Å². The van der Waals surface area contributed by atoms with Gasteiger partial charge in [-0.3, -0.25) is 9.59 Å². The SMILES string of the molecule is O=C(COc1ccccc1)Nc1ccc2c(c1)CN(C(=O)c1ccccc1)CC2. The van der Waals surface area contributed by atoms with Gasteiger partial charge in [0.15, 0.2) is 6.61 Å². The van der Waals surface area contributed by atoms with Crippen molar-refractivity contribution in [3.8, 4) is 5.75 Å². The summed E-state index contributed by atoms with van der Waals surface area (Å²) in [4.78, 5) is 26.8. The maximum Gasteiger partial charge on any atom is 0.262 e. The minimum absolute atomic E-state index is 0.0296. The Kier molecular flexibility index (Phi) is 5.56. The van der Waals surface area contributed by atoms with Crippen LogP contribution >= 0.6 is 0 Å². The Balaban J connectivity index is 1.39. The standard InChI is InChI=1S/C24H22N2O3/c27-23(17-29-22-9-5-2-6-10-22)25-21-12-11-18-13-14-26(16-20(18)15-21)24(28)19-7-3-1-4-8-19/h1-12,15H,13-14,16-17H2,(H,25,27). The summed E-state index contributed by atoms with van der Waals surface area (Å²) in [5, 5.41) is 2.87. The number of anilines is 1. The number of carbonyl (C=O) groups is 2. The summed E-state index contributed by atoms with van der Waals surface area (Å²) in [5.41, 5.74) is 3.67. The number of hydrogen-bond acceptors (Lipinski definition) is 3. The van der Waals surface area contributed by atoms with Gasteiger partial charge >= 0.3 is 0 Å². The molecular weight excluding hydrogens is 364 g/mol. The molecule has 4 rings (SSSR count). The van der Waals surface area contributed by atoms with Crippen molar-refractivity contribution >= 4 is 17.5 Å². The van der Waals surface area contributed by atoms with E-state index in [0.29, 0.717) is 30.1 Å². The number of nitrogens with one attached hydrogen (secondary N) is 1. The lowest BCUT2D eigenvalue weighted by Gasteiger charge is -2.29. The molecule has 0 saturated heterocycles. The zero-order valence-corrected chi connectivity index (χ0v) is 16.0. The number of ether oxygens (including phenoxy) is 1. The third kappa shape index (κ3) is 4.63. The number of rotatable bonds is 5. The highest BCUT2D eigenvalue weighted by Crippen LogP contribution is 2.24. The topological polar surface area (TPSA) is 58.6 Å². The second-order valence-corrected chi connectivity index (χ2v) is 6.98. The molecular formula is C24H22N2O3. The zero-order valence-electron chi connectivity index (χ0n) is 16.0. The number of amides is 2. The van der Waals surface area contributed by atoms with E-state index in [1.807, 2.05) is 83.8 Å². The van der Waals surface area contributed by atoms with Gasteiger partial charge in [-0.25, -0.2) is 0 Å². The second-order valence-electron chi connectivity index (χ2n) is 6.98. The molecule has 0 aromatic heterocycles. The molecule has 0 unspecified atom stereocenters. The molecule has 1 aliphatic heterocycles. The van der Waals surface area contributed by atoms with E-state index in [9.17, 15) is 9.59 Å². The molecule has 5 heteroatoms. The summed E-state index contributed by atoms with van der Waals surface area (Å²) in [6.45, 7) is 1.17. The predicted octanol–water partition coefficient (Wildman–Crippen LogP) is 3.90. The Bertz CT molecular complexity index is 1000. The van der Waals surface area contributed by atoms with Gasteiger partial charge in [0.2, 0.25) is 0 Å². The van der Waals surface area contributed by atoms with Crippen molar-refractivity contribution in [3.05, 3.63) is 95.6 Å². The molecule has 0 aliphatic carbocycles. The van der Waals surface area contributed by atoms with Gasteiger partial charge < -0.3 is 15.0 Å². The number of carbonyl (C=O) groups excluding carboxylic acids is 2. The van der Waals surface area contributed by atoms with Crippen LogP contribution in [0.4, 0.5) is 5.69 Å². The van der Waals surface area contributed by atoms with E-state index >= 15 is 0 Å². The second kappa shape index (κ2) is 8.61. The van der Waals surface area contributed by atoms with Crippen LogP contribution in [0.5, 0.6) is 5.75 Å². The highest BCUT2D eigenvalue weighted by Gasteiger charge is 2.22. The first-order chi connectivity index (χ1) is 14.2. The van der Waals surface area contributed by atoms with Crippen molar-refractivity contribution in [1.29, 1.82) is 0 Å². The van der Waals surface area contributed by atoms with Crippen molar-refractivity contribution in [1.82, 2.24) is 4.90 Å². The summed E-state index contributed by atoms with van der Waals surface area (Å²) in [6.07, 6.45) is 0.805. The summed E-state index contributed by atoms with van der Waals surface area (Å²) < 4.78 is 5.49. The van der Waals surface area contributed by atoms with Crippen molar-refractivity contribution in [2.24, 2.45) is 0 Å². The van der Waals surface area contributed by atoms with E-state index in [0.717, 1.165) is 12.0 Å². The molecule has 2 amide bonds. The molecule has 3 aromatic carbocycles. The van der Waals surface area contributed by atoms with Crippen LogP contribution in [-0.4, -0.2) is 29.9 Å². The van der Waals surface area contributed by atoms with Crippen LogP contribution in [0.1, 0.15) is 21.5 Å². The molecule has 1 aliphatic rings. The summed E-state index contributed by atoms with van der Waals surface area (Å²) in [5.74, 6) is 0.465. The lowest BCUT2D eigenvalue weighted by atomic mass is 9.98. The molecule has 0 radical (unpaired) electrons. The van der Waals surface area contributed by atoms with Crippen LogP contribution in [0.25, 0.3) is 0 Å². The van der Waals surface area contributed by atoms with E-state index in [1.54, 1.807) is 0 Å². The smallest absolute Gasteiger partial charge is 0.262 e. The first-order valence-corrected chi connectivity index (χ1v) is 9.63. The highest BCUT2D eigenvalue weighted by atomic mass is 16.5. The molecule has 5 nitrogen and oxygen atoms in total. The fourth-order valence-electron chi connectivity index (χ4n) is 3.43. The fraction of sp³-hybridized carbons (Fsp3) is 0.167. The van der Waals surface area contributed by atoms with Crippen molar-refractivity contribution in [2.75, 3.05) is 18.5 Å². The van der Waals surface area contributed by atoms with Gasteiger partial charge in [-0.2, -0.15) is 0 Å². The number of fused-ring (bicyclic) bond motifs is 1. The number of nitrogens with zero attached hydrogens (tertiary/aromatic N) is 1. The molecule has 0 spiro atoms. The molecule has 0 atom stereocenters. The number of benzene rings is 3. The van der Waals surface area contributed by atoms with Crippen molar-refractivity contribution < 1.29 is 14.3 Å². The summed E-state index contributed by atoms with van der Waals surface area (Å²) in [6, 6.07) is 24.4. The number of hydrogen-bond donors (Lipinski definition) is 1. The molecule has 146 valence electrons. The van der Waals surface area contributed by atoms with Gasteiger partial charge in [-0.05, 0) is 53.9 Å². The highest BCUT2D eigenvalue weighted by molar-refractivity contribution is 5.94. The normalized spacial score (nSPS) is 12.8. The molecule has 1 heterocycles. The van der Waals surface area contributed by atoms with Crippen LogP contribution < -0.4 is 10.1 Å². The average Bonchev–Trinajstić information content (AvgIpc) is 2.78. The van der Waals surface area contributed by atoms with Crippen LogP contribution in [0.15, 0.2) is 78.9 Å². The van der Waals surface area contributed by atoms with E-state index in [-0.39, 0.29) is 18.4 Å². The maximum absolute atomic E-state index is 12.7. The minimum Gasteiger partial charge on any atom is -0.484 e. The van der Waals surface area contributed by atoms with Gasteiger partial charge in [-0.1, -0.05) is 42.5 Å². The van der Waals surface area contributed by atoms with Gasteiger partial charge in [0.25, 0.3) is 11.8 Å². The van der Waals surface area contributed by atoms with Crippen LogP contribution in [0.2, 0.25) is 0 Å². The average molecular weight is 386 g/mol. The monoisotopic (exact) mass is 386 g/mol. The van der Waals surface area contributed by atoms with E-state index in [1.165, 1.54) is 5.56 Å². The van der Waals surface area contributed by atoms with Gasteiger partial charge in [0.05, 0.1) is 0 Å². The molecule has 0 saturated carbocycles. The largest absolute Gasteiger partial charge is 0.484 e. The van der Waals surface area contributed by atoms with Crippen molar-refractivity contribution in [2.45, 2.75) is 13.0 Å². The minimum atomic E-state index is -0.221. The number of para-hydroxylation sites is 1. The zero-order chi connectivity index (χ0) is 20.1. The van der Waals surface area contributed by atoms with Gasteiger partial charge in [0, 0.05) is 24.3 Å². The Morgan fingerprint density at radius 1 is 0.897 bits per heavy atom. The van der Waals surface area contributed by atoms with Crippen molar-refractivity contribution in [3.63, 3.8) is 0 Å². The fourth-order valence-corrected chi connectivity index (χ4v) is 3.43. The molecule has 3 aromatic rings. The molecule has 0 bridgehead atoms. The molecule has 0 fully saturated rings. The van der Waals surface area contributed by atoms with Crippen LogP contribution in [-0.2, 0) is 17.8 Å². The van der Waals surface area contributed by atoms with E-state index in [2.05, 4.69) is 5.32 Å². The lowest BCUT2D eigenvalue weighted by molar-refractivity contribution is -0.118. The first kappa shape index (κ1) is 18.7. The Morgan fingerprint density at radius 2 is 1.62 bits per heavy atom. The quantitative estimate of drug-likeness (QED) is 0.723. The van der Waals surface area contributed by atoms with Crippen LogP contribution in [0.3, 0.4) is 0 Å². The lowest BCUT2D eigenvalue weighted by Crippen LogP contribution is -2.36. The van der Waals surface area contributed by atoms with Gasteiger partial charge in [-0.15, -0.1) is 0 Å². The summed E-state index contributed by atoms with van der Waals surface area (Å²) in [7, 11) is 0. The first-order valence-electron chi connectivity index (χ1n) is 9.63. The third-order valence-electron chi connectivity index (χ3n) is 4.92. The Morgan fingerprint density at radius 3 is 2.38 bits per heavy atom. The van der Waals surface area contributed by atoms with Crippen LogP contribution in [0, 0.1) is 0 Å². The van der Waals surface area contributed by atoms with E-state index < -0.39 is 0 Å². The maximum atomic E-state index is 12.7. The molecule has 1 N–H and O–H groups in total. The Labute approximate surface area is 169 Å². The summed E-state index contributed by atoms with van der Waals surface area (Å²) >= 11 is 0. The third-order valence-corrected chi connectivity index (χ3v) is 4.92. The Hall–Kier alpha value is -3.60. The predicted molar refractivity (Wildman–Crippen MR) is 112 cm³/mol. The van der Waals surface area contributed by atoms with Gasteiger partial charge in [0.1, 0.15) is 5.75 Å². The molecule has 29 heavy (non-hydrogen) atoms.